The number of nitrogens with zero attached hydrogens (tertiary/aromatic N) is 1. The normalized spacial score (nSPS) is 15.0. The number of ether oxygens (including phenoxy) is 1. The van der Waals surface area contributed by atoms with E-state index < -0.39 is 5.97 Å². The van der Waals surface area contributed by atoms with Crippen LogP contribution in [0.1, 0.15) is 15.9 Å². The van der Waals surface area contributed by atoms with Crippen LogP contribution in [0.2, 0.25) is 0 Å². The number of carboxylic acid groups (broad SMARTS) is 1. The molecule has 0 spiro atoms. The molecule has 0 amide bonds. The maximum Gasteiger partial charge on any atom is 0.335 e. The Morgan fingerprint density at radius 2 is 2.05 bits per heavy atom. The quantitative estimate of drug-likeness (QED) is 0.672. The van der Waals surface area contributed by atoms with Crippen molar-refractivity contribution in [1.82, 2.24) is 0 Å². The van der Waals surface area contributed by atoms with Crippen molar-refractivity contribution in [3.63, 3.8) is 0 Å². The molecule has 0 saturated carbocycles. The largest absolute Gasteiger partial charge is 0.489 e. The van der Waals surface area contributed by atoms with Crippen molar-refractivity contribution in [2.24, 2.45) is 5.84 Å². The molecular formula is C17H16N2O3. The Balaban J connectivity index is 1.81. The topological polar surface area (TPSA) is 75.8 Å². The molecule has 5 nitrogen and oxygen atoms in total. The van der Waals surface area contributed by atoms with Gasteiger partial charge in [-0.1, -0.05) is 24.3 Å². The zero-order chi connectivity index (χ0) is 15.5. The first-order chi connectivity index (χ1) is 10.6. The van der Waals surface area contributed by atoms with Crippen LogP contribution in [0.25, 0.3) is 0 Å². The molecule has 0 fully saturated rings. The molecule has 0 bridgehead atoms. The molecule has 2 aromatic carbocycles. The van der Waals surface area contributed by atoms with Gasteiger partial charge >= 0.3 is 5.97 Å². The zero-order valence-electron chi connectivity index (χ0n) is 11.9. The summed E-state index contributed by atoms with van der Waals surface area (Å²) in [6, 6.07) is 14.4. The minimum atomic E-state index is -0.974. The highest BCUT2D eigenvalue weighted by molar-refractivity contribution is 5.88. The van der Waals surface area contributed by atoms with Gasteiger partial charge in [0.1, 0.15) is 12.4 Å². The van der Waals surface area contributed by atoms with E-state index in [1.165, 1.54) is 17.1 Å². The lowest BCUT2D eigenvalue weighted by molar-refractivity contribution is 0.0697. The van der Waals surface area contributed by atoms with Crippen LogP contribution in [-0.2, 0) is 6.42 Å². The number of para-hydroxylation sites is 1. The first-order valence-corrected chi connectivity index (χ1v) is 6.91. The van der Waals surface area contributed by atoms with E-state index in [1.807, 2.05) is 24.3 Å². The first-order valence-electron chi connectivity index (χ1n) is 6.91. The molecule has 1 aliphatic heterocycles. The predicted molar refractivity (Wildman–Crippen MR) is 83.8 cm³/mol. The molecule has 3 N–H and O–H groups in total. The Labute approximate surface area is 128 Å². The third-order valence-corrected chi connectivity index (χ3v) is 3.52. The van der Waals surface area contributed by atoms with Crippen LogP contribution in [0.3, 0.4) is 0 Å². The van der Waals surface area contributed by atoms with Crippen LogP contribution < -0.4 is 15.6 Å². The van der Waals surface area contributed by atoms with Gasteiger partial charge in [0.05, 0.1) is 11.3 Å². The second kappa shape index (κ2) is 5.91. The summed E-state index contributed by atoms with van der Waals surface area (Å²) in [6.07, 6.45) is 2.55. The lowest BCUT2D eigenvalue weighted by atomic mass is 10.0. The fourth-order valence-electron chi connectivity index (χ4n) is 2.41. The van der Waals surface area contributed by atoms with Gasteiger partial charge in [-0.05, 0) is 35.4 Å². The third kappa shape index (κ3) is 2.94. The van der Waals surface area contributed by atoms with Gasteiger partial charge in [-0.15, -0.1) is 0 Å². The Bertz CT molecular complexity index is 740. The molecule has 112 valence electrons. The number of aromatic carboxylic acids is 1. The van der Waals surface area contributed by atoms with Crippen LogP contribution in [0.4, 0.5) is 5.69 Å². The molecule has 0 unspecified atom stereocenters. The summed E-state index contributed by atoms with van der Waals surface area (Å²) in [5.74, 6) is 5.95. The van der Waals surface area contributed by atoms with Gasteiger partial charge in [0.2, 0.25) is 0 Å². The number of anilines is 1. The van der Waals surface area contributed by atoms with Crippen molar-refractivity contribution in [2.45, 2.75) is 6.42 Å². The number of hydrogen-bond acceptors (Lipinski definition) is 4. The molecule has 22 heavy (non-hydrogen) atoms. The Hall–Kier alpha value is -2.79. The summed E-state index contributed by atoms with van der Waals surface area (Å²) in [5.41, 5.74) is 2.97. The maximum atomic E-state index is 11.0. The molecule has 0 aromatic heterocycles. The van der Waals surface area contributed by atoms with Crippen molar-refractivity contribution in [1.29, 1.82) is 0 Å². The molecule has 3 rings (SSSR count). The summed E-state index contributed by atoms with van der Waals surface area (Å²) < 4.78 is 5.69. The zero-order valence-corrected chi connectivity index (χ0v) is 11.9. The summed E-state index contributed by atoms with van der Waals surface area (Å²) in [4.78, 5) is 11.0. The number of hydrazine groups is 1. The second-order valence-corrected chi connectivity index (χ2v) is 5.12. The molecule has 0 radical (unpaired) electrons. The van der Waals surface area contributed by atoms with E-state index in [1.54, 1.807) is 18.3 Å². The first kappa shape index (κ1) is 14.2. The minimum Gasteiger partial charge on any atom is -0.489 e. The molecule has 2 aromatic rings. The molecule has 1 heterocycles. The highest BCUT2D eigenvalue weighted by Gasteiger charge is 2.14. The number of fused-ring (bicyclic) bond motifs is 1. The van der Waals surface area contributed by atoms with Gasteiger partial charge in [0, 0.05) is 12.6 Å². The van der Waals surface area contributed by atoms with Crippen LogP contribution in [0.15, 0.2) is 60.3 Å². The van der Waals surface area contributed by atoms with Crippen molar-refractivity contribution < 1.29 is 14.6 Å². The summed E-state index contributed by atoms with van der Waals surface area (Å²) in [6.45, 7) is 0.476. The predicted octanol–water partition coefficient (Wildman–Crippen LogP) is 2.58. The molecular weight excluding hydrogens is 280 g/mol. The van der Waals surface area contributed by atoms with Crippen molar-refractivity contribution >= 4 is 11.7 Å². The summed E-state index contributed by atoms with van der Waals surface area (Å²) >= 11 is 0. The van der Waals surface area contributed by atoms with Crippen LogP contribution in [0.5, 0.6) is 5.75 Å². The van der Waals surface area contributed by atoms with E-state index in [0.29, 0.717) is 12.3 Å². The molecule has 0 saturated heterocycles. The molecule has 5 heteroatoms. The third-order valence-electron chi connectivity index (χ3n) is 3.52. The van der Waals surface area contributed by atoms with E-state index >= 15 is 0 Å². The van der Waals surface area contributed by atoms with Gasteiger partial charge in [0.15, 0.2) is 0 Å². The van der Waals surface area contributed by atoms with Crippen LogP contribution in [0, 0.1) is 0 Å². The Morgan fingerprint density at radius 3 is 2.86 bits per heavy atom. The fourth-order valence-corrected chi connectivity index (χ4v) is 2.41. The number of benzene rings is 2. The second-order valence-electron chi connectivity index (χ2n) is 5.12. The van der Waals surface area contributed by atoms with Crippen molar-refractivity contribution in [3.05, 3.63) is 71.4 Å². The SMILES string of the molecule is NN(/C=C1/COc2ccccc2C1)c1cccc(C(=O)O)c1. The number of carboxylic acids is 1. The Morgan fingerprint density at radius 1 is 1.23 bits per heavy atom. The highest BCUT2D eigenvalue weighted by atomic mass is 16.5. The highest BCUT2D eigenvalue weighted by Crippen LogP contribution is 2.27. The smallest absolute Gasteiger partial charge is 0.335 e. The molecule has 0 aliphatic carbocycles. The maximum absolute atomic E-state index is 11.0. The monoisotopic (exact) mass is 296 g/mol. The van der Waals surface area contributed by atoms with E-state index in [0.717, 1.165) is 23.3 Å². The van der Waals surface area contributed by atoms with E-state index in [2.05, 4.69) is 0 Å². The molecule has 0 atom stereocenters. The number of rotatable bonds is 3. The summed E-state index contributed by atoms with van der Waals surface area (Å²) in [7, 11) is 0. The number of nitrogens with two attached hydrogens (primary N) is 1. The number of carbonyl (C=O) groups is 1. The standard InChI is InChI=1S/C17H16N2O3/c18-19(15-6-3-5-14(9-15)17(20)21)10-12-8-13-4-1-2-7-16(13)22-11-12/h1-7,9-10H,8,11,18H2,(H,20,21)/b12-10+. The lowest BCUT2D eigenvalue weighted by Crippen LogP contribution is -2.27. The van der Waals surface area contributed by atoms with Gasteiger partial charge in [-0.2, -0.15) is 0 Å². The average molecular weight is 296 g/mol. The van der Waals surface area contributed by atoms with Crippen LogP contribution >= 0.6 is 0 Å². The van der Waals surface area contributed by atoms with Gasteiger partial charge in [-0.3, -0.25) is 5.01 Å². The number of hydrogen-bond donors (Lipinski definition) is 2. The minimum absolute atomic E-state index is 0.205. The molecule has 1 aliphatic rings. The van der Waals surface area contributed by atoms with Gasteiger partial charge in [-0.25, -0.2) is 10.6 Å². The van der Waals surface area contributed by atoms with Crippen LogP contribution in [-0.4, -0.2) is 17.7 Å². The summed E-state index contributed by atoms with van der Waals surface area (Å²) in [5, 5.41) is 10.5. The average Bonchev–Trinajstić information content (AvgIpc) is 2.55. The van der Waals surface area contributed by atoms with Crippen molar-refractivity contribution in [3.8, 4) is 5.75 Å². The van der Waals surface area contributed by atoms with E-state index in [4.69, 9.17) is 15.7 Å². The fraction of sp³-hybridized carbons (Fsp3) is 0.118. The van der Waals surface area contributed by atoms with Gasteiger partial charge < -0.3 is 9.84 Å². The van der Waals surface area contributed by atoms with Gasteiger partial charge in [0.25, 0.3) is 0 Å². The van der Waals surface area contributed by atoms with E-state index in [-0.39, 0.29) is 5.56 Å². The van der Waals surface area contributed by atoms with Crippen molar-refractivity contribution in [2.75, 3.05) is 11.6 Å². The Kier molecular flexibility index (Phi) is 3.80. The lowest BCUT2D eigenvalue weighted by Gasteiger charge is -2.22. The van der Waals surface area contributed by atoms with E-state index in [9.17, 15) is 4.79 Å².